The Labute approximate surface area is 224 Å². The van der Waals surface area contributed by atoms with Crippen molar-refractivity contribution in [2.75, 3.05) is 36.2 Å². The Kier molecular flexibility index (Phi) is 7.66. The number of phenolic OH excluding ortho intramolecular Hbond substituents is 1. The van der Waals surface area contributed by atoms with Crippen LogP contribution in [0.15, 0.2) is 64.4 Å². The minimum Gasteiger partial charge on any atom is -0.508 e. The van der Waals surface area contributed by atoms with E-state index in [2.05, 4.69) is 5.10 Å². The summed E-state index contributed by atoms with van der Waals surface area (Å²) in [5, 5.41) is 14.4. The summed E-state index contributed by atoms with van der Waals surface area (Å²) in [7, 11) is -3.52. The molecule has 0 amide bonds. The molecule has 1 aliphatic heterocycles. The van der Waals surface area contributed by atoms with E-state index in [4.69, 9.17) is 16.3 Å². The first-order valence-corrected chi connectivity index (χ1v) is 15.0. The van der Waals surface area contributed by atoms with Crippen molar-refractivity contribution in [2.45, 2.75) is 30.3 Å². The number of rotatable bonds is 8. The van der Waals surface area contributed by atoms with Gasteiger partial charge in [-0.15, -0.1) is 11.8 Å². The van der Waals surface area contributed by atoms with Crippen molar-refractivity contribution in [3.63, 3.8) is 0 Å². The summed E-state index contributed by atoms with van der Waals surface area (Å²) in [5.74, 6) is 0.331. The fourth-order valence-electron chi connectivity index (χ4n) is 4.21. The van der Waals surface area contributed by atoms with Gasteiger partial charge in [-0.1, -0.05) is 23.7 Å². The third-order valence-corrected chi connectivity index (χ3v) is 10.1. The van der Waals surface area contributed by atoms with E-state index in [-0.39, 0.29) is 41.3 Å². The molecular weight excluding hydrogens is 536 g/mol. The number of nitrogens with zero attached hydrogens (tertiary/aromatic N) is 4. The van der Waals surface area contributed by atoms with Crippen molar-refractivity contribution in [1.29, 1.82) is 0 Å². The van der Waals surface area contributed by atoms with Gasteiger partial charge in [0.05, 0.1) is 18.0 Å². The molecule has 196 valence electrons. The molecule has 0 spiro atoms. The highest BCUT2D eigenvalue weighted by Gasteiger charge is 2.31. The maximum atomic E-state index is 13.5. The van der Waals surface area contributed by atoms with Gasteiger partial charge in [0.25, 0.3) is 0 Å². The van der Waals surface area contributed by atoms with Gasteiger partial charge in [-0.25, -0.2) is 8.42 Å². The van der Waals surface area contributed by atoms with Crippen LogP contribution in [0.25, 0.3) is 5.69 Å². The lowest BCUT2D eigenvalue weighted by Gasteiger charge is -2.36. The molecule has 1 aromatic heterocycles. The quantitative estimate of drug-likeness (QED) is 0.414. The van der Waals surface area contributed by atoms with E-state index in [1.807, 2.05) is 4.90 Å². The average Bonchev–Trinajstić information content (AvgIpc) is 2.86. The monoisotopic (exact) mass is 562 g/mol. The lowest BCUT2D eigenvalue weighted by atomic mass is 9.96. The molecule has 1 saturated carbocycles. The van der Waals surface area contributed by atoms with Crippen LogP contribution in [0, 0.1) is 0 Å². The molecule has 1 saturated heterocycles. The number of aromatic nitrogens is 2. The molecule has 0 unspecified atom stereocenters. The third-order valence-electron chi connectivity index (χ3n) is 6.47. The summed E-state index contributed by atoms with van der Waals surface area (Å²) in [6.07, 6.45) is 4.43. The lowest BCUT2D eigenvalue weighted by molar-refractivity contribution is 0.118. The van der Waals surface area contributed by atoms with Crippen molar-refractivity contribution in [3.05, 3.63) is 70.1 Å². The molecule has 1 aliphatic carbocycles. The molecule has 2 aromatic carbocycles. The number of ether oxygens (including phenoxy) is 1. The second kappa shape index (κ2) is 10.9. The number of piperazine rings is 1. The van der Waals surface area contributed by atoms with Crippen LogP contribution in [0.5, 0.6) is 11.5 Å². The van der Waals surface area contributed by atoms with Crippen molar-refractivity contribution < 1.29 is 18.3 Å². The van der Waals surface area contributed by atoms with E-state index < -0.39 is 10.0 Å². The third kappa shape index (κ3) is 5.90. The Morgan fingerprint density at radius 1 is 1.08 bits per heavy atom. The molecule has 5 rings (SSSR count). The number of phenols is 1. The SMILES string of the molecule is O=c1c(OC2CCC2)c(N2CCN(S(=O)(=O)CSc3cccc(O)c3)CC2)cnn1-c1cccc(Cl)c1. The van der Waals surface area contributed by atoms with Crippen LogP contribution in [0.1, 0.15) is 19.3 Å². The van der Waals surface area contributed by atoms with Gasteiger partial charge < -0.3 is 14.7 Å². The summed E-state index contributed by atoms with van der Waals surface area (Å²) in [6.45, 7) is 1.37. The standard InChI is InChI=1S/C25H27ClN4O5S2/c26-18-4-1-5-19(14-18)30-25(32)24(35-21-7-3-8-21)23(16-27-30)28-10-12-29(13-11-28)37(33,34)17-36-22-9-2-6-20(31)15-22/h1-2,4-6,9,14-16,21,31H,3,7-8,10-13,17H2. The van der Waals surface area contributed by atoms with Gasteiger partial charge in [0.15, 0.2) is 0 Å². The zero-order valence-electron chi connectivity index (χ0n) is 20.0. The zero-order chi connectivity index (χ0) is 26.0. The Hall–Kier alpha value is -2.73. The van der Waals surface area contributed by atoms with E-state index in [1.165, 1.54) is 20.7 Å². The number of aromatic hydroxyl groups is 1. The van der Waals surface area contributed by atoms with Crippen LogP contribution in [-0.4, -0.2) is 65.0 Å². The predicted molar refractivity (Wildman–Crippen MR) is 145 cm³/mol. The number of sulfonamides is 1. The number of benzene rings is 2. The van der Waals surface area contributed by atoms with E-state index in [9.17, 15) is 18.3 Å². The summed E-state index contributed by atoms with van der Waals surface area (Å²) >= 11 is 7.29. The summed E-state index contributed by atoms with van der Waals surface area (Å²) in [5.41, 5.74) is 0.744. The van der Waals surface area contributed by atoms with Gasteiger partial charge >= 0.3 is 5.56 Å². The van der Waals surface area contributed by atoms with Crippen molar-refractivity contribution >= 4 is 39.1 Å². The summed E-state index contributed by atoms with van der Waals surface area (Å²) in [4.78, 5) is 16.1. The highest BCUT2D eigenvalue weighted by atomic mass is 35.5. The fraction of sp³-hybridized carbons (Fsp3) is 0.360. The largest absolute Gasteiger partial charge is 0.508 e. The minimum absolute atomic E-state index is 0.0159. The van der Waals surface area contributed by atoms with Crippen LogP contribution >= 0.6 is 23.4 Å². The molecule has 0 atom stereocenters. The first kappa shape index (κ1) is 25.9. The van der Waals surface area contributed by atoms with Crippen LogP contribution in [-0.2, 0) is 10.0 Å². The molecular formula is C25H27ClN4O5S2. The van der Waals surface area contributed by atoms with Gasteiger partial charge in [-0.2, -0.15) is 14.1 Å². The second-order valence-electron chi connectivity index (χ2n) is 8.98. The Morgan fingerprint density at radius 3 is 2.51 bits per heavy atom. The lowest BCUT2D eigenvalue weighted by Crippen LogP contribution is -2.49. The topological polar surface area (TPSA) is 105 Å². The molecule has 9 nitrogen and oxygen atoms in total. The van der Waals surface area contributed by atoms with Gasteiger partial charge in [-0.05, 0) is 55.7 Å². The van der Waals surface area contributed by atoms with E-state index in [0.29, 0.717) is 34.4 Å². The molecule has 37 heavy (non-hydrogen) atoms. The van der Waals surface area contributed by atoms with Gasteiger partial charge in [0.2, 0.25) is 15.8 Å². The van der Waals surface area contributed by atoms with Gasteiger partial charge in [0, 0.05) is 36.1 Å². The van der Waals surface area contributed by atoms with Gasteiger partial charge in [0.1, 0.15) is 16.5 Å². The van der Waals surface area contributed by atoms with Crippen molar-refractivity contribution in [3.8, 4) is 17.2 Å². The van der Waals surface area contributed by atoms with Crippen LogP contribution < -0.4 is 15.2 Å². The maximum Gasteiger partial charge on any atom is 0.316 e. The average molecular weight is 563 g/mol. The Balaban J connectivity index is 1.32. The van der Waals surface area contributed by atoms with Crippen LogP contribution in [0.2, 0.25) is 5.02 Å². The number of hydrogen-bond donors (Lipinski definition) is 1. The van der Waals surface area contributed by atoms with Crippen LogP contribution in [0.4, 0.5) is 5.69 Å². The smallest absolute Gasteiger partial charge is 0.316 e. The molecule has 2 heterocycles. The molecule has 2 aliphatic rings. The molecule has 0 bridgehead atoms. The summed E-state index contributed by atoms with van der Waals surface area (Å²) < 4.78 is 34.8. The highest BCUT2D eigenvalue weighted by molar-refractivity contribution is 8.11. The summed E-state index contributed by atoms with van der Waals surface area (Å²) in [6, 6.07) is 13.4. The van der Waals surface area contributed by atoms with E-state index in [0.717, 1.165) is 19.3 Å². The van der Waals surface area contributed by atoms with Crippen LogP contribution in [0.3, 0.4) is 0 Å². The number of halogens is 1. The van der Waals surface area contributed by atoms with Crippen molar-refractivity contribution in [2.24, 2.45) is 0 Å². The normalized spacial score (nSPS) is 16.9. The molecule has 0 radical (unpaired) electrons. The molecule has 3 aromatic rings. The number of hydrogen-bond acceptors (Lipinski definition) is 8. The molecule has 1 N–H and O–H groups in total. The Bertz CT molecular complexity index is 1440. The number of thioether (sulfide) groups is 1. The molecule has 12 heteroatoms. The maximum absolute atomic E-state index is 13.5. The number of anilines is 1. The predicted octanol–water partition coefficient (Wildman–Crippen LogP) is 3.72. The second-order valence-corrected chi connectivity index (χ2v) is 12.8. The first-order valence-electron chi connectivity index (χ1n) is 12.0. The first-order chi connectivity index (χ1) is 17.8. The highest BCUT2D eigenvalue weighted by Crippen LogP contribution is 2.32. The fourth-order valence-corrected chi connectivity index (χ4v) is 7.23. The Morgan fingerprint density at radius 2 is 1.84 bits per heavy atom. The van der Waals surface area contributed by atoms with E-state index in [1.54, 1.807) is 54.7 Å². The minimum atomic E-state index is -3.52. The zero-order valence-corrected chi connectivity index (χ0v) is 22.4. The van der Waals surface area contributed by atoms with Gasteiger partial charge in [-0.3, -0.25) is 4.79 Å². The molecule has 2 fully saturated rings. The van der Waals surface area contributed by atoms with E-state index >= 15 is 0 Å². The van der Waals surface area contributed by atoms with Crippen molar-refractivity contribution in [1.82, 2.24) is 14.1 Å².